The average Bonchev–Trinajstić information content (AvgIpc) is 3.23. The molecule has 0 radical (unpaired) electrons. The Morgan fingerprint density at radius 2 is 1.75 bits per heavy atom. The third kappa shape index (κ3) is 3.37. The van der Waals surface area contributed by atoms with Gasteiger partial charge in [-0.25, -0.2) is 0 Å². The number of benzene rings is 2. The van der Waals surface area contributed by atoms with E-state index in [1.54, 1.807) is 29.2 Å². The first kappa shape index (κ1) is 18.9. The molecule has 1 N–H and O–H groups in total. The summed E-state index contributed by atoms with van der Waals surface area (Å²) < 4.78 is 0.498. The third-order valence-corrected chi connectivity index (χ3v) is 6.24. The lowest BCUT2D eigenvalue weighted by Gasteiger charge is -2.22. The lowest BCUT2D eigenvalue weighted by molar-refractivity contribution is -0.135. The van der Waals surface area contributed by atoms with Crippen LogP contribution in [0.1, 0.15) is 27.2 Å². The lowest BCUT2D eigenvalue weighted by Crippen LogP contribution is -2.42. The topological polar surface area (TPSA) is 57.6 Å². The highest BCUT2D eigenvalue weighted by molar-refractivity contribution is 7.18. The molecule has 1 amide bonds. The maximum Gasteiger partial charge on any atom is 0.264 e. The van der Waals surface area contributed by atoms with Crippen LogP contribution < -0.4 is 4.90 Å². The van der Waals surface area contributed by atoms with Crippen molar-refractivity contribution in [2.45, 2.75) is 18.4 Å². The van der Waals surface area contributed by atoms with Gasteiger partial charge in [0.25, 0.3) is 5.91 Å². The van der Waals surface area contributed by atoms with Gasteiger partial charge in [-0.15, -0.1) is 11.3 Å². The number of carbonyl (C=O) groups is 2. The Hall–Kier alpha value is -2.47. The van der Waals surface area contributed by atoms with Crippen LogP contribution >= 0.6 is 22.9 Å². The monoisotopic (exact) mass is 411 g/mol. The summed E-state index contributed by atoms with van der Waals surface area (Å²) >= 11 is 7.07. The van der Waals surface area contributed by atoms with Crippen LogP contribution in [0.2, 0.25) is 4.34 Å². The first-order chi connectivity index (χ1) is 13.5. The normalized spacial score (nSPS) is 18.4. The van der Waals surface area contributed by atoms with Crippen molar-refractivity contribution >= 4 is 40.3 Å². The van der Waals surface area contributed by atoms with Crippen molar-refractivity contribution in [1.82, 2.24) is 0 Å². The van der Waals surface area contributed by atoms with Gasteiger partial charge in [0.2, 0.25) is 0 Å². The fraction of sp³-hybridized carbons (Fsp3) is 0.182. The van der Waals surface area contributed by atoms with E-state index in [0.29, 0.717) is 33.4 Å². The van der Waals surface area contributed by atoms with Gasteiger partial charge in [0.15, 0.2) is 11.4 Å². The quantitative estimate of drug-likeness (QED) is 0.609. The second-order valence-electron chi connectivity index (χ2n) is 6.77. The molecule has 1 aliphatic rings. The summed E-state index contributed by atoms with van der Waals surface area (Å²) in [7, 11) is 0. The molecule has 0 saturated heterocycles. The average molecular weight is 412 g/mol. The number of amides is 1. The maximum absolute atomic E-state index is 13.2. The molecule has 0 unspecified atom stereocenters. The molecule has 4 nitrogen and oxygen atoms in total. The molecule has 1 atom stereocenters. The Kier molecular flexibility index (Phi) is 5.06. The zero-order valence-corrected chi connectivity index (χ0v) is 16.5. The number of hydrogen-bond acceptors (Lipinski definition) is 4. The molecule has 0 aliphatic carbocycles. The van der Waals surface area contributed by atoms with Crippen molar-refractivity contribution in [2.24, 2.45) is 0 Å². The summed E-state index contributed by atoms with van der Waals surface area (Å²) in [4.78, 5) is 27.9. The van der Waals surface area contributed by atoms with Crippen molar-refractivity contribution < 1.29 is 14.7 Å². The van der Waals surface area contributed by atoms with E-state index in [1.807, 2.05) is 42.5 Å². The van der Waals surface area contributed by atoms with Crippen LogP contribution in [0, 0.1) is 0 Å². The number of rotatable bonds is 6. The standard InChI is InChI=1S/C22H18ClNO3S/c23-20-11-10-19(28-20)18(25)14-22(27)16-8-4-5-9-17(16)24(21(22)26)13-12-15-6-2-1-3-7-15/h1-11,27H,12-14H2/t22-/m0/s1. The van der Waals surface area contributed by atoms with E-state index in [1.165, 1.54) is 0 Å². The van der Waals surface area contributed by atoms with Crippen LogP contribution in [0.5, 0.6) is 0 Å². The molecule has 0 spiro atoms. The Bertz CT molecular complexity index is 1030. The van der Waals surface area contributed by atoms with Crippen LogP contribution in [0.3, 0.4) is 0 Å². The lowest BCUT2D eigenvalue weighted by atomic mass is 9.89. The minimum atomic E-state index is -1.86. The first-order valence-electron chi connectivity index (χ1n) is 8.95. The molecule has 28 heavy (non-hydrogen) atoms. The molecule has 2 aromatic carbocycles. The number of hydrogen-bond donors (Lipinski definition) is 1. The van der Waals surface area contributed by atoms with Gasteiger partial charge < -0.3 is 10.0 Å². The molecule has 0 saturated carbocycles. The van der Waals surface area contributed by atoms with E-state index in [4.69, 9.17) is 11.6 Å². The van der Waals surface area contributed by atoms with Gasteiger partial charge in [-0.2, -0.15) is 0 Å². The van der Waals surface area contributed by atoms with Crippen LogP contribution in [-0.2, 0) is 16.8 Å². The molecule has 0 fully saturated rings. The van der Waals surface area contributed by atoms with Gasteiger partial charge in [-0.1, -0.05) is 60.1 Å². The number of thiophene rings is 1. The van der Waals surface area contributed by atoms with E-state index in [9.17, 15) is 14.7 Å². The van der Waals surface area contributed by atoms with Crippen molar-refractivity contribution in [2.75, 3.05) is 11.4 Å². The van der Waals surface area contributed by atoms with Crippen LogP contribution in [0.25, 0.3) is 0 Å². The smallest absolute Gasteiger partial charge is 0.264 e. The van der Waals surface area contributed by atoms with E-state index in [-0.39, 0.29) is 12.2 Å². The number of nitrogens with zero attached hydrogens (tertiary/aromatic N) is 1. The molecule has 2 heterocycles. The molecule has 6 heteroatoms. The van der Waals surface area contributed by atoms with E-state index in [2.05, 4.69) is 0 Å². The first-order valence-corrected chi connectivity index (χ1v) is 10.1. The number of Topliss-reactive ketones (excluding diaryl/α,β-unsaturated/α-hetero) is 1. The maximum atomic E-state index is 13.2. The van der Waals surface area contributed by atoms with Gasteiger partial charge in [0.05, 0.1) is 21.3 Å². The number of para-hydroxylation sites is 1. The zero-order valence-electron chi connectivity index (χ0n) is 15.0. The number of aliphatic hydroxyl groups is 1. The van der Waals surface area contributed by atoms with Gasteiger partial charge in [-0.05, 0) is 30.2 Å². The number of fused-ring (bicyclic) bond motifs is 1. The zero-order chi connectivity index (χ0) is 19.7. The Labute approximate surface area is 172 Å². The molecule has 4 rings (SSSR count). The number of carbonyl (C=O) groups excluding carboxylic acids is 2. The summed E-state index contributed by atoms with van der Waals surface area (Å²) in [6.07, 6.45) is 0.354. The number of ketones is 1. The fourth-order valence-corrected chi connectivity index (χ4v) is 4.55. The van der Waals surface area contributed by atoms with Crippen LogP contribution in [0.4, 0.5) is 5.69 Å². The molecule has 142 valence electrons. The molecule has 1 aromatic heterocycles. The molecular weight excluding hydrogens is 394 g/mol. The summed E-state index contributed by atoms with van der Waals surface area (Å²) in [5.74, 6) is -0.756. The summed E-state index contributed by atoms with van der Waals surface area (Å²) in [5, 5.41) is 11.3. The van der Waals surface area contributed by atoms with Crippen molar-refractivity contribution in [3.05, 3.63) is 87.1 Å². The number of halogens is 1. The second kappa shape index (κ2) is 7.51. The molecular formula is C22H18ClNO3S. The Balaban J connectivity index is 1.61. The van der Waals surface area contributed by atoms with E-state index >= 15 is 0 Å². The highest BCUT2D eigenvalue weighted by Crippen LogP contribution is 2.43. The predicted molar refractivity (Wildman–Crippen MR) is 111 cm³/mol. The number of anilines is 1. The van der Waals surface area contributed by atoms with Crippen molar-refractivity contribution in [1.29, 1.82) is 0 Å². The Morgan fingerprint density at radius 1 is 1.04 bits per heavy atom. The van der Waals surface area contributed by atoms with Crippen LogP contribution in [0.15, 0.2) is 66.7 Å². The van der Waals surface area contributed by atoms with Gasteiger partial charge in [0.1, 0.15) is 0 Å². The molecule has 3 aromatic rings. The summed E-state index contributed by atoms with van der Waals surface area (Å²) in [6, 6.07) is 20.2. The van der Waals surface area contributed by atoms with E-state index in [0.717, 1.165) is 16.9 Å². The molecule has 0 bridgehead atoms. The van der Waals surface area contributed by atoms with Crippen LogP contribution in [-0.4, -0.2) is 23.3 Å². The highest BCUT2D eigenvalue weighted by atomic mass is 35.5. The largest absolute Gasteiger partial charge is 0.375 e. The fourth-order valence-electron chi connectivity index (χ4n) is 3.57. The minimum absolute atomic E-state index is 0.299. The van der Waals surface area contributed by atoms with Gasteiger partial charge in [0, 0.05) is 12.1 Å². The second-order valence-corrected chi connectivity index (χ2v) is 8.49. The van der Waals surface area contributed by atoms with Crippen molar-refractivity contribution in [3.8, 4) is 0 Å². The minimum Gasteiger partial charge on any atom is -0.375 e. The summed E-state index contributed by atoms with van der Waals surface area (Å²) in [5.41, 5.74) is 0.375. The Morgan fingerprint density at radius 3 is 2.46 bits per heavy atom. The summed E-state index contributed by atoms with van der Waals surface area (Å²) in [6.45, 7) is 0.432. The predicted octanol–water partition coefficient (Wildman–Crippen LogP) is 4.45. The van der Waals surface area contributed by atoms with Gasteiger partial charge >= 0.3 is 0 Å². The third-order valence-electron chi connectivity index (χ3n) is 4.97. The SMILES string of the molecule is O=C(C[C@@]1(O)C(=O)N(CCc2ccccc2)c2ccccc21)c1ccc(Cl)s1. The highest BCUT2D eigenvalue weighted by Gasteiger charge is 2.50. The molecule has 1 aliphatic heterocycles. The van der Waals surface area contributed by atoms with E-state index < -0.39 is 11.5 Å². The van der Waals surface area contributed by atoms with Crippen molar-refractivity contribution in [3.63, 3.8) is 0 Å². The van der Waals surface area contributed by atoms with Gasteiger partial charge in [-0.3, -0.25) is 9.59 Å².